The van der Waals surface area contributed by atoms with Gasteiger partial charge in [-0.15, -0.1) is 11.3 Å². The number of thiazole rings is 1. The summed E-state index contributed by atoms with van der Waals surface area (Å²) >= 11 is 1.66. The Balaban J connectivity index is 2.16. The summed E-state index contributed by atoms with van der Waals surface area (Å²) in [5.74, 6) is -0.473. The first kappa shape index (κ1) is 12.0. The predicted octanol–water partition coefficient (Wildman–Crippen LogP) is 3.47. The highest BCUT2D eigenvalue weighted by atomic mass is 32.1. The maximum absolute atomic E-state index is 12.9. The van der Waals surface area contributed by atoms with Gasteiger partial charge in [-0.1, -0.05) is 0 Å². The lowest BCUT2D eigenvalue weighted by atomic mass is 10.2. The van der Waals surface area contributed by atoms with E-state index in [0.29, 0.717) is 0 Å². The lowest BCUT2D eigenvalue weighted by Gasteiger charge is -2.14. The minimum absolute atomic E-state index is 0.114. The van der Waals surface area contributed by atoms with Crippen molar-refractivity contribution in [1.29, 1.82) is 0 Å². The van der Waals surface area contributed by atoms with Crippen molar-refractivity contribution in [1.82, 2.24) is 9.97 Å². The van der Waals surface area contributed by atoms with Gasteiger partial charge in [0.25, 0.3) is 0 Å². The fourth-order valence-corrected chi connectivity index (χ4v) is 2.69. The Kier molecular flexibility index (Phi) is 3.38. The molecule has 0 aliphatic heterocycles. The number of aryl methyl sites for hydroxylation is 2. The summed E-state index contributed by atoms with van der Waals surface area (Å²) in [5, 5.41) is 4.29. The van der Waals surface area contributed by atoms with Crippen LogP contribution in [0, 0.1) is 19.8 Å². The Hall–Kier alpha value is -1.49. The van der Waals surface area contributed by atoms with Gasteiger partial charge in [-0.3, -0.25) is 0 Å². The van der Waals surface area contributed by atoms with Crippen LogP contribution < -0.4 is 5.32 Å². The number of rotatable bonds is 3. The first-order valence-electron chi connectivity index (χ1n) is 5.38. The summed E-state index contributed by atoms with van der Waals surface area (Å²) in [4.78, 5) is 9.09. The van der Waals surface area contributed by atoms with E-state index in [4.69, 9.17) is 0 Å². The zero-order valence-electron chi connectivity index (χ0n) is 9.99. The Labute approximate surface area is 104 Å². The van der Waals surface area contributed by atoms with Gasteiger partial charge in [-0.2, -0.15) is 4.39 Å². The topological polar surface area (TPSA) is 37.8 Å². The van der Waals surface area contributed by atoms with Crippen LogP contribution in [0.1, 0.15) is 28.5 Å². The Morgan fingerprint density at radius 1 is 1.41 bits per heavy atom. The first-order chi connectivity index (χ1) is 8.06. The SMILES string of the molecule is Cc1nc(C)c(C(C)Nc2ccnc(F)c2)s1. The molecule has 0 aromatic carbocycles. The van der Waals surface area contributed by atoms with Gasteiger partial charge in [-0.05, 0) is 26.8 Å². The van der Waals surface area contributed by atoms with Crippen LogP contribution in [0.4, 0.5) is 10.1 Å². The molecule has 0 saturated carbocycles. The maximum atomic E-state index is 12.9. The van der Waals surface area contributed by atoms with Crippen LogP contribution in [0.2, 0.25) is 0 Å². The van der Waals surface area contributed by atoms with E-state index in [1.807, 2.05) is 20.8 Å². The van der Waals surface area contributed by atoms with E-state index in [9.17, 15) is 4.39 Å². The fourth-order valence-electron chi connectivity index (χ4n) is 1.76. The third-order valence-electron chi connectivity index (χ3n) is 2.44. The molecule has 0 bridgehead atoms. The highest BCUT2D eigenvalue weighted by molar-refractivity contribution is 7.11. The summed E-state index contributed by atoms with van der Waals surface area (Å²) in [6.07, 6.45) is 1.45. The molecule has 1 unspecified atom stereocenters. The molecule has 2 rings (SSSR count). The third-order valence-corrected chi connectivity index (χ3v) is 3.70. The summed E-state index contributed by atoms with van der Waals surface area (Å²) in [6.45, 7) is 6.02. The van der Waals surface area contributed by atoms with Crippen LogP contribution in [0.15, 0.2) is 18.3 Å². The van der Waals surface area contributed by atoms with Crippen molar-refractivity contribution < 1.29 is 4.39 Å². The zero-order chi connectivity index (χ0) is 12.4. The second kappa shape index (κ2) is 4.79. The van der Waals surface area contributed by atoms with Gasteiger partial charge in [0.1, 0.15) is 0 Å². The highest BCUT2D eigenvalue weighted by Gasteiger charge is 2.12. The normalized spacial score (nSPS) is 12.5. The van der Waals surface area contributed by atoms with Crippen molar-refractivity contribution in [3.05, 3.63) is 39.9 Å². The zero-order valence-corrected chi connectivity index (χ0v) is 10.8. The van der Waals surface area contributed by atoms with E-state index in [-0.39, 0.29) is 6.04 Å². The molecule has 0 fully saturated rings. The molecule has 1 N–H and O–H groups in total. The summed E-state index contributed by atoms with van der Waals surface area (Å²) < 4.78 is 12.9. The smallest absolute Gasteiger partial charge is 0.214 e. The molecule has 0 saturated heterocycles. The minimum Gasteiger partial charge on any atom is -0.377 e. The van der Waals surface area contributed by atoms with Crippen molar-refractivity contribution in [2.75, 3.05) is 5.32 Å². The van der Waals surface area contributed by atoms with Gasteiger partial charge in [0.05, 0.1) is 16.7 Å². The number of nitrogens with zero attached hydrogens (tertiary/aromatic N) is 2. The quantitative estimate of drug-likeness (QED) is 0.849. The van der Waals surface area contributed by atoms with Crippen LogP contribution in [-0.2, 0) is 0 Å². The lowest BCUT2D eigenvalue weighted by molar-refractivity contribution is 0.584. The number of aromatic nitrogens is 2. The van der Waals surface area contributed by atoms with Gasteiger partial charge < -0.3 is 5.32 Å². The van der Waals surface area contributed by atoms with Crippen molar-refractivity contribution in [2.45, 2.75) is 26.8 Å². The monoisotopic (exact) mass is 251 g/mol. The summed E-state index contributed by atoms with van der Waals surface area (Å²) in [7, 11) is 0. The molecule has 5 heteroatoms. The van der Waals surface area contributed by atoms with Crippen molar-refractivity contribution >= 4 is 17.0 Å². The highest BCUT2D eigenvalue weighted by Crippen LogP contribution is 2.27. The molecule has 3 nitrogen and oxygen atoms in total. The summed E-state index contributed by atoms with van der Waals surface area (Å²) in [6, 6.07) is 3.26. The predicted molar refractivity (Wildman–Crippen MR) is 67.8 cm³/mol. The first-order valence-corrected chi connectivity index (χ1v) is 6.20. The number of halogens is 1. The standard InChI is InChI=1S/C12H14FN3S/c1-7-12(17-9(3)15-7)8(2)16-10-4-5-14-11(13)6-10/h4-6,8H,1-3H3,(H,14,16). The molecule has 2 aromatic rings. The molecule has 0 amide bonds. The maximum Gasteiger partial charge on any atom is 0.214 e. The molecule has 2 aromatic heterocycles. The molecule has 1 atom stereocenters. The molecule has 0 spiro atoms. The van der Waals surface area contributed by atoms with Gasteiger partial charge in [-0.25, -0.2) is 9.97 Å². The van der Waals surface area contributed by atoms with E-state index in [0.717, 1.165) is 16.4 Å². The molecular weight excluding hydrogens is 237 g/mol. The Bertz CT molecular complexity index is 524. The van der Waals surface area contributed by atoms with Crippen LogP contribution in [0.3, 0.4) is 0 Å². The second-order valence-corrected chi connectivity index (χ2v) is 5.15. The van der Waals surface area contributed by atoms with Gasteiger partial charge in [0, 0.05) is 22.8 Å². The van der Waals surface area contributed by atoms with Crippen LogP contribution in [-0.4, -0.2) is 9.97 Å². The van der Waals surface area contributed by atoms with Crippen molar-refractivity contribution in [2.24, 2.45) is 0 Å². The largest absolute Gasteiger partial charge is 0.377 e. The number of pyridine rings is 1. The van der Waals surface area contributed by atoms with Crippen LogP contribution in [0.5, 0.6) is 0 Å². The number of hydrogen-bond acceptors (Lipinski definition) is 4. The molecule has 0 aliphatic rings. The molecule has 2 heterocycles. The number of nitrogens with one attached hydrogen (secondary N) is 1. The molecule has 0 aliphatic carbocycles. The lowest BCUT2D eigenvalue weighted by Crippen LogP contribution is -2.06. The molecular formula is C12H14FN3S. The third kappa shape index (κ3) is 2.79. The molecule has 0 radical (unpaired) electrons. The van der Waals surface area contributed by atoms with Crippen LogP contribution in [0.25, 0.3) is 0 Å². The van der Waals surface area contributed by atoms with Crippen LogP contribution >= 0.6 is 11.3 Å². The van der Waals surface area contributed by atoms with E-state index in [1.54, 1.807) is 17.4 Å². The van der Waals surface area contributed by atoms with E-state index < -0.39 is 5.95 Å². The van der Waals surface area contributed by atoms with E-state index >= 15 is 0 Å². The minimum atomic E-state index is -0.473. The Morgan fingerprint density at radius 2 is 2.18 bits per heavy atom. The molecule has 17 heavy (non-hydrogen) atoms. The van der Waals surface area contributed by atoms with Gasteiger partial charge in [0.15, 0.2) is 0 Å². The number of anilines is 1. The number of hydrogen-bond donors (Lipinski definition) is 1. The second-order valence-electron chi connectivity index (χ2n) is 3.92. The van der Waals surface area contributed by atoms with Gasteiger partial charge >= 0.3 is 0 Å². The average molecular weight is 251 g/mol. The van der Waals surface area contributed by atoms with E-state index in [1.165, 1.54) is 17.1 Å². The van der Waals surface area contributed by atoms with Crippen molar-refractivity contribution in [3.63, 3.8) is 0 Å². The summed E-state index contributed by atoms with van der Waals surface area (Å²) in [5.41, 5.74) is 1.76. The Morgan fingerprint density at radius 3 is 2.76 bits per heavy atom. The average Bonchev–Trinajstić information content (AvgIpc) is 2.58. The van der Waals surface area contributed by atoms with Gasteiger partial charge in [0.2, 0.25) is 5.95 Å². The molecule has 90 valence electrons. The fraction of sp³-hybridized carbons (Fsp3) is 0.333. The van der Waals surface area contributed by atoms with Crippen molar-refractivity contribution in [3.8, 4) is 0 Å². The van der Waals surface area contributed by atoms with E-state index in [2.05, 4.69) is 15.3 Å².